The standard InChI is InChI=1S/C19H27BN4O8/c1-19(22,18(29)23-5-14(21)25)8-24-6-9(7-24)32-13-3-2-10(11-4-12(11)20(30)31)16(26)15(13)17(27)28/h2-3,9,11-12,26,30-31H,4-8,22H2,1H3,(H2,21,25)(H,23,29)(H,27,28)/t11-,12-,19+/m1/s1. The summed E-state index contributed by atoms with van der Waals surface area (Å²) in [4.78, 5) is 36.5. The Morgan fingerprint density at radius 3 is 2.50 bits per heavy atom. The number of likely N-dealkylation sites (tertiary alicyclic amines) is 1. The van der Waals surface area contributed by atoms with Crippen LogP contribution in [0.4, 0.5) is 0 Å². The molecule has 0 bridgehead atoms. The topological polar surface area (TPSA) is 209 Å². The first-order valence-corrected chi connectivity index (χ1v) is 10.1. The largest absolute Gasteiger partial charge is 0.507 e. The van der Waals surface area contributed by atoms with Gasteiger partial charge in [0.15, 0.2) is 0 Å². The highest BCUT2D eigenvalue weighted by Crippen LogP contribution is 2.56. The number of ether oxygens (including phenoxy) is 1. The molecule has 1 aliphatic heterocycles. The maximum absolute atomic E-state index is 12.1. The van der Waals surface area contributed by atoms with Crippen LogP contribution >= 0.6 is 0 Å². The summed E-state index contributed by atoms with van der Waals surface area (Å²) in [5, 5.41) is 41.0. The molecule has 1 aliphatic carbocycles. The van der Waals surface area contributed by atoms with Gasteiger partial charge in [0.1, 0.15) is 28.7 Å². The summed E-state index contributed by atoms with van der Waals surface area (Å²) in [5.74, 6) is -3.79. The molecule has 1 saturated carbocycles. The molecule has 3 rings (SSSR count). The third-order valence-corrected chi connectivity index (χ3v) is 5.72. The zero-order chi connectivity index (χ0) is 23.8. The Morgan fingerprint density at radius 1 is 1.31 bits per heavy atom. The lowest BCUT2D eigenvalue weighted by Gasteiger charge is -2.42. The number of benzene rings is 1. The molecule has 9 N–H and O–H groups in total. The molecule has 2 amide bonds. The minimum Gasteiger partial charge on any atom is -0.507 e. The highest BCUT2D eigenvalue weighted by Gasteiger charge is 2.48. The van der Waals surface area contributed by atoms with Gasteiger partial charge in [-0.2, -0.15) is 0 Å². The van der Waals surface area contributed by atoms with Crippen LogP contribution in [-0.2, 0) is 9.59 Å². The number of carbonyl (C=O) groups excluding carboxylic acids is 2. The lowest BCUT2D eigenvalue weighted by Crippen LogP contribution is -2.64. The number of carbonyl (C=O) groups is 3. The molecule has 1 aromatic rings. The van der Waals surface area contributed by atoms with Gasteiger partial charge in [-0.1, -0.05) is 6.07 Å². The van der Waals surface area contributed by atoms with Crippen LogP contribution in [0.25, 0.3) is 0 Å². The van der Waals surface area contributed by atoms with E-state index in [1.807, 2.05) is 4.90 Å². The van der Waals surface area contributed by atoms with Crippen LogP contribution in [0.15, 0.2) is 12.1 Å². The predicted octanol–water partition coefficient (Wildman–Crippen LogP) is -2.20. The quantitative estimate of drug-likeness (QED) is 0.191. The van der Waals surface area contributed by atoms with E-state index in [0.717, 1.165) is 0 Å². The van der Waals surface area contributed by atoms with Gasteiger partial charge in [0, 0.05) is 25.5 Å². The Kier molecular flexibility index (Phi) is 6.65. The third-order valence-electron chi connectivity index (χ3n) is 5.72. The molecule has 0 spiro atoms. The van der Waals surface area contributed by atoms with E-state index in [0.29, 0.717) is 25.1 Å². The number of primary amides is 1. The molecule has 3 atom stereocenters. The van der Waals surface area contributed by atoms with Crippen LogP contribution in [0, 0.1) is 0 Å². The van der Waals surface area contributed by atoms with Crippen LogP contribution < -0.4 is 21.5 Å². The number of nitrogens with one attached hydrogen (secondary N) is 1. The normalized spacial score (nSPS) is 22.4. The summed E-state index contributed by atoms with van der Waals surface area (Å²) in [6, 6.07) is 2.98. The van der Waals surface area contributed by atoms with Gasteiger partial charge in [0.25, 0.3) is 0 Å². The second-order valence-corrected chi connectivity index (χ2v) is 8.60. The van der Waals surface area contributed by atoms with Crippen LogP contribution in [0.5, 0.6) is 11.5 Å². The molecule has 174 valence electrons. The average Bonchev–Trinajstić information content (AvgIpc) is 3.44. The molecule has 2 aliphatic rings. The number of amides is 2. The lowest BCUT2D eigenvalue weighted by molar-refractivity contribution is -0.129. The highest BCUT2D eigenvalue weighted by molar-refractivity contribution is 6.44. The van der Waals surface area contributed by atoms with Crippen molar-refractivity contribution in [1.29, 1.82) is 0 Å². The highest BCUT2D eigenvalue weighted by atomic mass is 16.5. The number of rotatable bonds is 10. The third kappa shape index (κ3) is 5.13. The van der Waals surface area contributed by atoms with Crippen molar-refractivity contribution >= 4 is 24.9 Å². The number of aromatic carboxylic acids is 1. The van der Waals surface area contributed by atoms with E-state index in [2.05, 4.69) is 5.32 Å². The Labute approximate surface area is 184 Å². The Bertz CT molecular complexity index is 919. The summed E-state index contributed by atoms with van der Waals surface area (Å²) in [7, 11) is -1.53. The van der Waals surface area contributed by atoms with Crippen molar-refractivity contribution in [2.45, 2.75) is 36.7 Å². The SMILES string of the molecule is C[C@](N)(CN1CC(Oc2ccc([C@H]3C[C@H]3B(O)O)c(O)c2C(=O)O)C1)C(=O)NCC(N)=O. The monoisotopic (exact) mass is 450 g/mol. The number of hydrogen-bond donors (Lipinski definition) is 7. The number of phenols is 1. The van der Waals surface area contributed by atoms with E-state index in [1.54, 1.807) is 0 Å². The van der Waals surface area contributed by atoms with E-state index >= 15 is 0 Å². The first kappa shape index (κ1) is 23.8. The zero-order valence-corrected chi connectivity index (χ0v) is 17.5. The summed E-state index contributed by atoms with van der Waals surface area (Å²) >= 11 is 0. The number of nitrogens with zero attached hydrogens (tertiary/aromatic N) is 1. The minimum absolute atomic E-state index is 0.000131. The van der Waals surface area contributed by atoms with Gasteiger partial charge in [-0.05, 0) is 30.9 Å². The van der Waals surface area contributed by atoms with E-state index in [-0.39, 0.29) is 36.4 Å². The van der Waals surface area contributed by atoms with Crippen molar-refractivity contribution in [3.8, 4) is 11.5 Å². The fourth-order valence-electron chi connectivity index (χ4n) is 3.91. The molecule has 1 heterocycles. The van der Waals surface area contributed by atoms with Gasteiger partial charge in [-0.25, -0.2) is 4.79 Å². The second-order valence-electron chi connectivity index (χ2n) is 8.60. The Balaban J connectivity index is 1.60. The summed E-state index contributed by atoms with van der Waals surface area (Å²) < 4.78 is 5.75. The first-order chi connectivity index (χ1) is 14.9. The van der Waals surface area contributed by atoms with E-state index < -0.39 is 42.0 Å². The molecule has 0 radical (unpaired) electrons. The predicted molar refractivity (Wildman–Crippen MR) is 112 cm³/mol. The molecular formula is C19H27BN4O8. The number of hydrogen-bond acceptors (Lipinski definition) is 9. The number of aromatic hydroxyl groups is 1. The van der Waals surface area contributed by atoms with Crippen molar-refractivity contribution in [3.63, 3.8) is 0 Å². The lowest BCUT2D eigenvalue weighted by atomic mass is 9.81. The number of nitrogens with two attached hydrogens (primary N) is 2. The summed E-state index contributed by atoms with van der Waals surface area (Å²) in [5.41, 5.74) is 9.72. The second kappa shape index (κ2) is 8.94. The molecule has 1 aromatic carbocycles. The van der Waals surface area contributed by atoms with Gasteiger partial charge in [-0.3, -0.25) is 14.5 Å². The Morgan fingerprint density at radius 2 is 1.97 bits per heavy atom. The molecular weight excluding hydrogens is 423 g/mol. The Hall–Kier alpha value is -2.87. The fourth-order valence-corrected chi connectivity index (χ4v) is 3.91. The van der Waals surface area contributed by atoms with Crippen molar-refractivity contribution < 1.29 is 39.4 Å². The molecule has 0 unspecified atom stereocenters. The molecule has 32 heavy (non-hydrogen) atoms. The minimum atomic E-state index is -1.53. The zero-order valence-electron chi connectivity index (χ0n) is 17.5. The maximum Gasteiger partial charge on any atom is 0.455 e. The van der Waals surface area contributed by atoms with Crippen LogP contribution in [-0.4, -0.2) is 87.9 Å². The average molecular weight is 450 g/mol. The van der Waals surface area contributed by atoms with E-state index in [1.165, 1.54) is 19.1 Å². The molecule has 1 saturated heterocycles. The van der Waals surface area contributed by atoms with Crippen LogP contribution in [0.2, 0.25) is 5.82 Å². The van der Waals surface area contributed by atoms with Crippen molar-refractivity contribution in [3.05, 3.63) is 23.3 Å². The number of carboxylic acid groups (broad SMARTS) is 1. The number of carboxylic acids is 1. The molecule has 12 nitrogen and oxygen atoms in total. The van der Waals surface area contributed by atoms with Crippen LogP contribution in [0.3, 0.4) is 0 Å². The van der Waals surface area contributed by atoms with Crippen molar-refractivity contribution in [2.75, 3.05) is 26.2 Å². The summed E-state index contributed by atoms with van der Waals surface area (Å²) in [6.45, 7) is 2.14. The van der Waals surface area contributed by atoms with Gasteiger partial charge < -0.3 is 41.8 Å². The van der Waals surface area contributed by atoms with Gasteiger partial charge >= 0.3 is 13.1 Å². The smallest absolute Gasteiger partial charge is 0.455 e. The molecule has 0 aromatic heterocycles. The van der Waals surface area contributed by atoms with Crippen molar-refractivity contribution in [2.24, 2.45) is 11.5 Å². The van der Waals surface area contributed by atoms with Crippen molar-refractivity contribution in [1.82, 2.24) is 10.2 Å². The van der Waals surface area contributed by atoms with Gasteiger partial charge in [0.05, 0.1) is 6.54 Å². The molecule has 13 heteroatoms. The summed E-state index contributed by atoms with van der Waals surface area (Å²) in [6.07, 6.45) is 0.0585. The van der Waals surface area contributed by atoms with Gasteiger partial charge in [-0.15, -0.1) is 0 Å². The van der Waals surface area contributed by atoms with E-state index in [4.69, 9.17) is 16.2 Å². The molecule has 2 fully saturated rings. The fraction of sp³-hybridized carbons (Fsp3) is 0.526. The van der Waals surface area contributed by atoms with Gasteiger partial charge in [0.2, 0.25) is 11.8 Å². The maximum atomic E-state index is 12.1. The first-order valence-electron chi connectivity index (χ1n) is 10.1. The van der Waals surface area contributed by atoms with Crippen LogP contribution in [0.1, 0.15) is 35.2 Å². The van der Waals surface area contributed by atoms with E-state index in [9.17, 15) is 34.6 Å².